The third kappa shape index (κ3) is 3.97. The first-order valence-corrected chi connectivity index (χ1v) is 10.5. The van der Waals surface area contributed by atoms with Gasteiger partial charge in [-0.1, -0.05) is 30.3 Å². The van der Waals surface area contributed by atoms with Gasteiger partial charge in [-0.05, 0) is 41.7 Å². The van der Waals surface area contributed by atoms with Gasteiger partial charge in [-0.15, -0.1) is 0 Å². The number of carbonyl (C=O) groups is 2. The van der Waals surface area contributed by atoms with E-state index in [0.29, 0.717) is 18.8 Å². The quantitative estimate of drug-likeness (QED) is 0.457. The van der Waals surface area contributed by atoms with E-state index in [1.807, 2.05) is 36.4 Å². The topological polar surface area (TPSA) is 119 Å². The number of aromatic amines is 1. The predicted octanol–water partition coefficient (Wildman–Crippen LogP) is 2.12. The molecule has 2 aromatic heterocycles. The second-order valence-electron chi connectivity index (χ2n) is 8.11. The Balaban J connectivity index is 0.000000775. The highest BCUT2D eigenvalue weighted by molar-refractivity contribution is 5.92. The van der Waals surface area contributed by atoms with Crippen LogP contribution in [0.25, 0.3) is 0 Å². The molecule has 1 aromatic carbocycles. The van der Waals surface area contributed by atoms with E-state index in [4.69, 9.17) is 9.90 Å². The van der Waals surface area contributed by atoms with Gasteiger partial charge in [-0.3, -0.25) is 14.6 Å². The summed E-state index contributed by atoms with van der Waals surface area (Å²) in [4.78, 5) is 30.1. The molecular formula is C24H26N4O4. The van der Waals surface area contributed by atoms with Crippen LogP contribution in [0, 0.1) is 11.3 Å². The molecule has 1 saturated heterocycles. The molecule has 2 fully saturated rings. The molecule has 1 aliphatic heterocycles. The van der Waals surface area contributed by atoms with Crippen molar-refractivity contribution >= 4 is 18.1 Å². The van der Waals surface area contributed by atoms with Crippen molar-refractivity contribution in [2.24, 2.45) is 11.3 Å². The average molecular weight is 434 g/mol. The Bertz CT molecular complexity index is 1030. The van der Waals surface area contributed by atoms with E-state index in [1.54, 1.807) is 24.7 Å². The molecule has 2 aliphatic rings. The first-order valence-electron chi connectivity index (χ1n) is 10.5. The third-order valence-electron chi connectivity index (χ3n) is 6.55. The Morgan fingerprint density at radius 1 is 1.19 bits per heavy atom. The van der Waals surface area contributed by atoms with Crippen LogP contribution in [0.5, 0.6) is 0 Å². The fourth-order valence-corrected chi connectivity index (χ4v) is 5.12. The molecule has 8 nitrogen and oxygen atoms in total. The number of rotatable bonds is 5. The second-order valence-corrected chi connectivity index (χ2v) is 8.11. The molecular weight excluding hydrogens is 408 g/mol. The van der Waals surface area contributed by atoms with Gasteiger partial charge in [0.05, 0.1) is 6.10 Å². The van der Waals surface area contributed by atoms with Crippen molar-refractivity contribution in [3.63, 3.8) is 0 Å². The number of carboxylic acid groups (broad SMARTS) is 1. The van der Waals surface area contributed by atoms with Gasteiger partial charge in [0.15, 0.2) is 0 Å². The van der Waals surface area contributed by atoms with Crippen LogP contribution >= 0.6 is 0 Å². The molecule has 0 bridgehead atoms. The van der Waals surface area contributed by atoms with Crippen molar-refractivity contribution < 1.29 is 19.8 Å². The standard InChI is InChI=1S/C23H24N4O2.CH2O2/c28-20-14-27(17-8-11-24-12-9-17)15-23(20)18(21(23)16-5-2-1-3-6-16)13-26-22(29)19-7-4-10-25-19;2-1-3/h1-12,18,20-21,25,28H,13-15H2,(H,26,29);1H,(H,2,3)/t18-,20-,21-,23-;/m1./s1. The predicted molar refractivity (Wildman–Crippen MR) is 119 cm³/mol. The number of nitrogens with one attached hydrogen (secondary N) is 2. The molecule has 1 aliphatic carbocycles. The van der Waals surface area contributed by atoms with Gasteiger partial charge in [-0.2, -0.15) is 0 Å². The normalized spacial score (nSPS) is 25.7. The molecule has 1 amide bonds. The summed E-state index contributed by atoms with van der Waals surface area (Å²) in [6, 6.07) is 17.9. The zero-order valence-corrected chi connectivity index (χ0v) is 17.5. The van der Waals surface area contributed by atoms with E-state index in [9.17, 15) is 9.90 Å². The molecule has 166 valence electrons. The van der Waals surface area contributed by atoms with Crippen LogP contribution in [0.15, 0.2) is 73.2 Å². The number of carbonyl (C=O) groups excluding carboxylic acids is 1. The lowest BCUT2D eigenvalue weighted by atomic mass is 9.95. The maximum Gasteiger partial charge on any atom is 0.290 e. The Hall–Kier alpha value is -3.65. The van der Waals surface area contributed by atoms with Crippen LogP contribution < -0.4 is 10.2 Å². The number of pyridine rings is 1. The van der Waals surface area contributed by atoms with Crippen LogP contribution in [0.4, 0.5) is 5.69 Å². The molecule has 4 atom stereocenters. The minimum atomic E-state index is -0.451. The lowest BCUT2D eigenvalue weighted by Gasteiger charge is -2.18. The zero-order valence-electron chi connectivity index (χ0n) is 17.5. The summed E-state index contributed by atoms with van der Waals surface area (Å²) in [5.74, 6) is 0.294. The minimum absolute atomic E-state index is 0.109. The van der Waals surface area contributed by atoms with Crippen LogP contribution in [0.2, 0.25) is 0 Å². The summed E-state index contributed by atoms with van der Waals surface area (Å²) in [7, 11) is 0. The zero-order chi connectivity index (χ0) is 22.6. The lowest BCUT2D eigenvalue weighted by molar-refractivity contribution is -0.122. The first-order chi connectivity index (χ1) is 15.6. The fourth-order valence-electron chi connectivity index (χ4n) is 5.12. The average Bonchev–Trinajstić information content (AvgIpc) is 3.13. The number of hydrogen-bond donors (Lipinski definition) is 4. The van der Waals surface area contributed by atoms with Gasteiger partial charge < -0.3 is 25.4 Å². The molecule has 3 heterocycles. The molecule has 3 aromatic rings. The molecule has 1 spiro atoms. The summed E-state index contributed by atoms with van der Waals surface area (Å²) in [6.45, 7) is 1.65. The summed E-state index contributed by atoms with van der Waals surface area (Å²) in [5, 5.41) is 21.1. The maximum absolute atomic E-state index is 12.4. The van der Waals surface area contributed by atoms with E-state index in [0.717, 1.165) is 12.2 Å². The van der Waals surface area contributed by atoms with Crippen molar-refractivity contribution in [3.05, 3.63) is 84.4 Å². The Kier molecular flexibility index (Phi) is 6.23. The molecule has 4 N–H and O–H groups in total. The molecule has 1 saturated carbocycles. The number of hydrogen-bond acceptors (Lipinski definition) is 5. The van der Waals surface area contributed by atoms with Crippen molar-refractivity contribution in [2.75, 3.05) is 24.5 Å². The maximum atomic E-state index is 12.4. The highest BCUT2D eigenvalue weighted by Gasteiger charge is 2.71. The largest absolute Gasteiger partial charge is 0.483 e. The van der Waals surface area contributed by atoms with Crippen molar-refractivity contribution in [3.8, 4) is 0 Å². The van der Waals surface area contributed by atoms with Crippen LogP contribution in [0.3, 0.4) is 0 Å². The lowest BCUT2D eigenvalue weighted by Crippen LogP contribution is -2.30. The monoisotopic (exact) mass is 434 g/mol. The first kappa shape index (κ1) is 21.6. The van der Waals surface area contributed by atoms with Crippen molar-refractivity contribution in [2.45, 2.75) is 12.0 Å². The molecule has 32 heavy (non-hydrogen) atoms. The number of nitrogens with zero attached hydrogens (tertiary/aromatic N) is 2. The smallest absolute Gasteiger partial charge is 0.290 e. The van der Waals surface area contributed by atoms with E-state index >= 15 is 0 Å². The van der Waals surface area contributed by atoms with Gasteiger partial charge in [0, 0.05) is 49.3 Å². The fraction of sp³-hybridized carbons (Fsp3) is 0.292. The number of anilines is 1. The van der Waals surface area contributed by atoms with Gasteiger partial charge >= 0.3 is 0 Å². The minimum Gasteiger partial charge on any atom is -0.483 e. The van der Waals surface area contributed by atoms with E-state index in [1.165, 1.54) is 5.56 Å². The summed E-state index contributed by atoms with van der Waals surface area (Å²) < 4.78 is 0. The Morgan fingerprint density at radius 2 is 1.91 bits per heavy atom. The van der Waals surface area contributed by atoms with Crippen molar-refractivity contribution in [1.82, 2.24) is 15.3 Å². The molecule has 8 heteroatoms. The van der Waals surface area contributed by atoms with E-state index in [-0.39, 0.29) is 29.6 Å². The SMILES string of the molecule is O=C(NC[C@@H]1[C@@H](c2ccccc2)[C@]12CN(c1ccncc1)C[C@H]2O)c1ccc[nH]1.O=CO. The summed E-state index contributed by atoms with van der Waals surface area (Å²) in [5.41, 5.74) is 2.60. The number of H-pyrrole nitrogens is 1. The second kappa shape index (κ2) is 9.23. The highest BCUT2D eigenvalue weighted by Crippen LogP contribution is 2.68. The molecule has 0 radical (unpaired) electrons. The highest BCUT2D eigenvalue weighted by atomic mass is 16.3. The van der Waals surface area contributed by atoms with E-state index < -0.39 is 6.10 Å². The molecule has 0 unspecified atom stereocenters. The van der Waals surface area contributed by atoms with Gasteiger partial charge in [0.25, 0.3) is 12.4 Å². The Labute approximate surface area is 185 Å². The number of aliphatic hydroxyl groups is 1. The number of aliphatic hydroxyl groups excluding tert-OH is 1. The number of aromatic nitrogens is 2. The van der Waals surface area contributed by atoms with Crippen molar-refractivity contribution in [1.29, 1.82) is 0 Å². The van der Waals surface area contributed by atoms with Gasteiger partial charge in [-0.25, -0.2) is 0 Å². The summed E-state index contributed by atoms with van der Waals surface area (Å²) >= 11 is 0. The van der Waals surface area contributed by atoms with Crippen LogP contribution in [-0.4, -0.2) is 58.3 Å². The number of amides is 1. The summed E-state index contributed by atoms with van der Waals surface area (Å²) in [6.07, 6.45) is 4.85. The number of benzene rings is 1. The van der Waals surface area contributed by atoms with Gasteiger partial charge in [0.1, 0.15) is 5.69 Å². The molecule has 5 rings (SSSR count). The van der Waals surface area contributed by atoms with E-state index in [2.05, 4.69) is 32.3 Å². The van der Waals surface area contributed by atoms with Crippen LogP contribution in [0.1, 0.15) is 22.0 Å². The van der Waals surface area contributed by atoms with Gasteiger partial charge in [0.2, 0.25) is 0 Å². The third-order valence-corrected chi connectivity index (χ3v) is 6.55. The van der Waals surface area contributed by atoms with Crippen LogP contribution in [-0.2, 0) is 4.79 Å². The number of β-amino-alcohol motifs (C(OH)–C–C–N with tert-alkyl or cyclic N) is 1. The Morgan fingerprint density at radius 3 is 2.56 bits per heavy atom.